The topological polar surface area (TPSA) is 138 Å². The van der Waals surface area contributed by atoms with Gasteiger partial charge in [-0.15, -0.1) is 0 Å². The molecule has 1 heterocycles. The van der Waals surface area contributed by atoms with Gasteiger partial charge in [0, 0.05) is 34.2 Å². The molecule has 0 spiro atoms. The van der Waals surface area contributed by atoms with Crippen LogP contribution >= 0.6 is 0 Å². The lowest BCUT2D eigenvalue weighted by molar-refractivity contribution is -0.163. The van der Waals surface area contributed by atoms with E-state index in [0.717, 1.165) is 18.4 Å². The largest absolute Gasteiger partial charge is 0.459 e. The molecule has 0 radical (unpaired) electrons. The highest BCUT2D eigenvalue weighted by Crippen LogP contribution is 2.30. The molecule has 9 atom stereocenters. The molecular weight excluding hydrogens is 664 g/mol. The van der Waals surface area contributed by atoms with Gasteiger partial charge in [0.2, 0.25) is 17.7 Å². The number of hydrogen-bond donors (Lipinski definition) is 2. The number of nitrogens with one attached hydrogen (secondary N) is 1. The van der Waals surface area contributed by atoms with Crippen LogP contribution in [0.4, 0.5) is 0 Å². The molecule has 1 aromatic carbocycles. The van der Waals surface area contributed by atoms with Crippen molar-refractivity contribution in [3.05, 3.63) is 35.9 Å². The molecule has 1 fully saturated rings. The summed E-state index contributed by atoms with van der Waals surface area (Å²) in [6.07, 6.45) is 0.652. The molecule has 0 bridgehead atoms. The minimum absolute atomic E-state index is 0.0157. The van der Waals surface area contributed by atoms with E-state index in [9.17, 15) is 24.3 Å². The van der Waals surface area contributed by atoms with E-state index in [0.29, 0.717) is 19.4 Å². The zero-order valence-corrected chi connectivity index (χ0v) is 33.8. The zero-order valence-electron chi connectivity index (χ0n) is 33.8. The van der Waals surface area contributed by atoms with E-state index in [2.05, 4.69) is 5.32 Å². The first-order valence-electron chi connectivity index (χ1n) is 19.0. The molecule has 0 saturated carbocycles. The highest BCUT2D eigenvalue weighted by atomic mass is 16.6. The molecule has 1 unspecified atom stereocenters. The Morgan fingerprint density at radius 1 is 0.962 bits per heavy atom. The molecule has 1 saturated heterocycles. The van der Waals surface area contributed by atoms with Gasteiger partial charge in [0.15, 0.2) is 0 Å². The molecule has 12 nitrogen and oxygen atoms in total. The fourth-order valence-electron chi connectivity index (χ4n) is 7.67. The maximum Gasteiger partial charge on any atom is 0.311 e. The van der Waals surface area contributed by atoms with Crippen molar-refractivity contribution in [3.63, 3.8) is 0 Å². The SMILES string of the molecule is CC[C@H](C)[C@@H](C(=O)NC(C(=O)N(C)[C@@H](C(C)C)[C@@H](CC(=O)N1CCC[C@H]1[C@H](OC)[C@@H](C)C(=O)O[C@H](CO)Cc1ccccc1)OC)C(C)C)N(C)C. The van der Waals surface area contributed by atoms with Crippen molar-refractivity contribution in [2.45, 2.75) is 123 Å². The quantitative estimate of drug-likeness (QED) is 0.181. The van der Waals surface area contributed by atoms with Gasteiger partial charge >= 0.3 is 5.97 Å². The Hall–Kier alpha value is -3.06. The number of ether oxygens (including phenoxy) is 3. The number of rotatable bonds is 21. The van der Waals surface area contributed by atoms with Gasteiger partial charge in [0.25, 0.3) is 0 Å². The summed E-state index contributed by atoms with van der Waals surface area (Å²) in [6.45, 7) is 13.8. The Morgan fingerprint density at radius 3 is 2.10 bits per heavy atom. The second kappa shape index (κ2) is 21.6. The normalized spacial score (nSPS) is 19.5. The molecule has 1 aliphatic heterocycles. The summed E-state index contributed by atoms with van der Waals surface area (Å²) in [5, 5.41) is 13.0. The van der Waals surface area contributed by atoms with Crippen LogP contribution in [0, 0.1) is 23.7 Å². The van der Waals surface area contributed by atoms with Crippen LogP contribution in [0.25, 0.3) is 0 Å². The molecule has 296 valence electrons. The predicted molar refractivity (Wildman–Crippen MR) is 202 cm³/mol. The first-order valence-corrected chi connectivity index (χ1v) is 19.0. The number of methoxy groups -OCH3 is 2. The smallest absolute Gasteiger partial charge is 0.311 e. The first-order chi connectivity index (χ1) is 24.5. The summed E-state index contributed by atoms with van der Waals surface area (Å²) < 4.78 is 17.6. The number of amides is 3. The van der Waals surface area contributed by atoms with Gasteiger partial charge in [-0.05, 0) is 57.2 Å². The molecule has 0 aromatic heterocycles. The van der Waals surface area contributed by atoms with Crippen molar-refractivity contribution >= 4 is 23.7 Å². The number of aliphatic hydroxyl groups excluding tert-OH is 1. The van der Waals surface area contributed by atoms with E-state index in [1.807, 2.05) is 90.9 Å². The van der Waals surface area contributed by atoms with E-state index in [1.165, 1.54) is 7.11 Å². The molecule has 2 rings (SSSR count). The van der Waals surface area contributed by atoms with Gasteiger partial charge in [-0.1, -0.05) is 78.3 Å². The fraction of sp³-hybridized carbons (Fsp3) is 0.750. The Kier molecular flexibility index (Phi) is 18.7. The van der Waals surface area contributed by atoms with Crippen LogP contribution in [0.3, 0.4) is 0 Å². The highest BCUT2D eigenvalue weighted by molar-refractivity contribution is 5.90. The number of esters is 1. The third-order valence-corrected chi connectivity index (χ3v) is 10.7. The number of nitrogens with zero attached hydrogens (tertiary/aromatic N) is 3. The van der Waals surface area contributed by atoms with Crippen LogP contribution in [-0.2, 0) is 39.8 Å². The van der Waals surface area contributed by atoms with Crippen molar-refractivity contribution in [1.82, 2.24) is 20.0 Å². The minimum Gasteiger partial charge on any atom is -0.459 e. The number of benzene rings is 1. The fourth-order valence-corrected chi connectivity index (χ4v) is 7.67. The van der Waals surface area contributed by atoms with Crippen LogP contribution in [0.1, 0.15) is 79.7 Å². The molecule has 1 aromatic rings. The summed E-state index contributed by atoms with van der Waals surface area (Å²) in [5.41, 5.74) is 0.946. The molecule has 52 heavy (non-hydrogen) atoms. The van der Waals surface area contributed by atoms with Crippen molar-refractivity contribution in [1.29, 1.82) is 0 Å². The molecule has 12 heteroatoms. The van der Waals surface area contributed by atoms with Gasteiger partial charge < -0.3 is 34.4 Å². The molecule has 3 amide bonds. The highest BCUT2D eigenvalue weighted by Gasteiger charge is 2.43. The first kappa shape index (κ1) is 45.1. The van der Waals surface area contributed by atoms with E-state index in [-0.39, 0.29) is 60.6 Å². The summed E-state index contributed by atoms with van der Waals surface area (Å²) in [6, 6.07) is 7.55. The summed E-state index contributed by atoms with van der Waals surface area (Å²) in [5.74, 6) is -1.93. The average Bonchev–Trinajstić information content (AvgIpc) is 3.59. The molecular formula is C40H68N4O8. The van der Waals surface area contributed by atoms with Gasteiger partial charge in [0.05, 0.1) is 49.3 Å². The summed E-state index contributed by atoms with van der Waals surface area (Å²) in [7, 11) is 8.54. The van der Waals surface area contributed by atoms with Crippen LogP contribution in [-0.4, -0.2) is 134 Å². The third-order valence-electron chi connectivity index (χ3n) is 10.7. The van der Waals surface area contributed by atoms with Gasteiger partial charge in [0.1, 0.15) is 12.1 Å². The number of likely N-dealkylation sites (N-methyl/N-ethyl adjacent to an activating group) is 2. The average molecular weight is 733 g/mol. The molecule has 0 aliphatic carbocycles. The standard InChI is InChI=1S/C40H68N4O8/c1-13-27(6)36(42(8)9)38(47)41-34(25(2)3)39(48)43(10)35(26(4)5)32(50-11)23-33(46)44-21-17-20-31(44)37(51-12)28(7)40(49)52-30(24-45)22-29-18-15-14-16-19-29/h14-16,18-19,25-28,30-32,34-37,45H,13,17,20-24H2,1-12H3,(H,41,47)/t27-,28+,30-,31-,32+,34?,35-,36-,37+/m0/s1. The van der Waals surface area contributed by atoms with Crippen molar-refractivity contribution in [2.24, 2.45) is 23.7 Å². The summed E-state index contributed by atoms with van der Waals surface area (Å²) in [4.78, 5) is 60.4. The molecule has 1 aliphatic rings. The van der Waals surface area contributed by atoms with E-state index in [1.54, 1.807) is 30.9 Å². The van der Waals surface area contributed by atoms with Crippen LogP contribution in [0.2, 0.25) is 0 Å². The van der Waals surface area contributed by atoms with Crippen LogP contribution in [0.15, 0.2) is 30.3 Å². The Morgan fingerprint density at radius 2 is 1.60 bits per heavy atom. The van der Waals surface area contributed by atoms with E-state index >= 15 is 0 Å². The van der Waals surface area contributed by atoms with Crippen molar-refractivity contribution in [3.8, 4) is 0 Å². The maximum absolute atomic E-state index is 14.2. The number of carbonyl (C=O) groups is 4. The second-order valence-electron chi connectivity index (χ2n) is 15.4. The minimum atomic E-state index is -0.761. The lowest BCUT2D eigenvalue weighted by atomic mass is 9.91. The Labute approximate surface area is 312 Å². The Bertz CT molecular complexity index is 1260. The van der Waals surface area contributed by atoms with E-state index < -0.39 is 42.3 Å². The number of carbonyl (C=O) groups excluding carboxylic acids is 4. The van der Waals surface area contributed by atoms with Crippen molar-refractivity contribution < 1.29 is 38.5 Å². The predicted octanol–water partition coefficient (Wildman–Crippen LogP) is 3.78. The van der Waals surface area contributed by atoms with Gasteiger partial charge in [-0.3, -0.25) is 24.1 Å². The Balaban J connectivity index is 2.22. The van der Waals surface area contributed by atoms with Crippen LogP contribution in [0.5, 0.6) is 0 Å². The van der Waals surface area contributed by atoms with Gasteiger partial charge in [-0.2, -0.15) is 0 Å². The van der Waals surface area contributed by atoms with Crippen LogP contribution < -0.4 is 5.32 Å². The number of hydrogen-bond acceptors (Lipinski definition) is 9. The van der Waals surface area contributed by atoms with E-state index in [4.69, 9.17) is 14.2 Å². The molecule has 2 N–H and O–H groups in total. The lowest BCUT2D eigenvalue weighted by Crippen LogP contribution is -2.59. The number of aliphatic hydroxyl groups is 1. The summed E-state index contributed by atoms with van der Waals surface area (Å²) >= 11 is 0. The van der Waals surface area contributed by atoms with Crippen molar-refractivity contribution in [2.75, 3.05) is 48.5 Å². The zero-order chi connectivity index (χ0) is 39.3. The number of likely N-dealkylation sites (tertiary alicyclic amines) is 1. The second-order valence-corrected chi connectivity index (χ2v) is 15.4. The maximum atomic E-state index is 14.2. The third kappa shape index (κ3) is 12.0. The van der Waals surface area contributed by atoms with Gasteiger partial charge in [-0.25, -0.2) is 0 Å². The monoisotopic (exact) mass is 733 g/mol. The lowest BCUT2D eigenvalue weighted by Gasteiger charge is -2.40.